The molecule has 1 heterocycles. The summed E-state index contributed by atoms with van der Waals surface area (Å²) in [5.41, 5.74) is 7.79. The molecule has 0 aromatic heterocycles. The standard InChI is InChI=1S/C15H12BrClFNO/c16-12-3-1-8(17)5-10(12)15-7-13(19)11-6-9(18)2-4-14(11)20-15/h1-6,13,15H,7,19H2. The Bertz CT molecular complexity index is 664. The topological polar surface area (TPSA) is 35.2 Å². The number of nitrogens with two attached hydrogens (primary N) is 1. The summed E-state index contributed by atoms with van der Waals surface area (Å²) in [6.07, 6.45) is 0.381. The van der Waals surface area contributed by atoms with Crippen molar-refractivity contribution in [2.45, 2.75) is 18.6 Å². The monoisotopic (exact) mass is 355 g/mol. The highest BCUT2D eigenvalue weighted by Crippen LogP contribution is 2.42. The van der Waals surface area contributed by atoms with Gasteiger partial charge in [-0.3, -0.25) is 0 Å². The predicted octanol–water partition coefficient (Wildman–Crippen LogP) is 4.77. The van der Waals surface area contributed by atoms with Gasteiger partial charge in [-0.1, -0.05) is 27.5 Å². The molecule has 0 saturated carbocycles. The number of rotatable bonds is 1. The molecule has 2 aromatic rings. The van der Waals surface area contributed by atoms with E-state index in [9.17, 15) is 4.39 Å². The lowest BCUT2D eigenvalue weighted by atomic mass is 9.93. The molecule has 0 spiro atoms. The summed E-state index contributed by atoms with van der Waals surface area (Å²) in [5.74, 6) is 0.326. The molecule has 1 aliphatic heterocycles. The molecule has 0 radical (unpaired) electrons. The molecule has 1 aliphatic rings. The third kappa shape index (κ3) is 2.55. The van der Waals surface area contributed by atoms with Gasteiger partial charge in [-0.2, -0.15) is 0 Å². The van der Waals surface area contributed by atoms with Crippen LogP contribution in [-0.4, -0.2) is 0 Å². The molecule has 2 unspecified atom stereocenters. The number of benzene rings is 2. The fourth-order valence-electron chi connectivity index (χ4n) is 2.43. The van der Waals surface area contributed by atoms with Gasteiger partial charge < -0.3 is 10.5 Å². The maximum Gasteiger partial charge on any atom is 0.127 e. The quantitative estimate of drug-likeness (QED) is 0.799. The molecule has 0 aliphatic carbocycles. The number of hydrogen-bond acceptors (Lipinski definition) is 2. The highest BCUT2D eigenvalue weighted by Gasteiger charge is 2.28. The van der Waals surface area contributed by atoms with Crippen molar-refractivity contribution in [3.05, 3.63) is 62.8 Å². The van der Waals surface area contributed by atoms with Gasteiger partial charge in [0.1, 0.15) is 17.7 Å². The van der Waals surface area contributed by atoms with Crippen LogP contribution < -0.4 is 10.5 Å². The first-order valence-corrected chi connectivity index (χ1v) is 7.38. The first-order valence-electron chi connectivity index (χ1n) is 6.21. The Hall–Kier alpha value is -1.10. The van der Waals surface area contributed by atoms with Gasteiger partial charge in [-0.05, 0) is 36.4 Å². The van der Waals surface area contributed by atoms with Crippen LogP contribution in [-0.2, 0) is 0 Å². The zero-order chi connectivity index (χ0) is 14.3. The average molecular weight is 357 g/mol. The third-order valence-electron chi connectivity index (χ3n) is 3.41. The molecular formula is C15H12BrClFNO. The van der Waals surface area contributed by atoms with Gasteiger partial charge in [0.15, 0.2) is 0 Å². The molecule has 2 aromatic carbocycles. The molecule has 104 valence electrons. The first-order chi connectivity index (χ1) is 9.54. The van der Waals surface area contributed by atoms with Crippen molar-refractivity contribution < 1.29 is 9.13 Å². The lowest BCUT2D eigenvalue weighted by molar-refractivity contribution is 0.160. The van der Waals surface area contributed by atoms with E-state index in [1.54, 1.807) is 12.1 Å². The molecule has 0 bridgehead atoms. The number of halogens is 3. The van der Waals surface area contributed by atoms with Crippen LogP contribution >= 0.6 is 27.5 Å². The van der Waals surface area contributed by atoms with Crippen molar-refractivity contribution in [2.75, 3.05) is 0 Å². The molecule has 0 amide bonds. The number of hydrogen-bond donors (Lipinski definition) is 1. The highest BCUT2D eigenvalue weighted by molar-refractivity contribution is 9.10. The molecule has 2 nitrogen and oxygen atoms in total. The van der Waals surface area contributed by atoms with Gasteiger partial charge in [0, 0.05) is 33.1 Å². The van der Waals surface area contributed by atoms with E-state index < -0.39 is 0 Å². The van der Waals surface area contributed by atoms with Crippen LogP contribution in [0.3, 0.4) is 0 Å². The van der Waals surface area contributed by atoms with Crippen LogP contribution in [0.4, 0.5) is 4.39 Å². The lowest BCUT2D eigenvalue weighted by Crippen LogP contribution is -2.24. The van der Waals surface area contributed by atoms with E-state index in [1.165, 1.54) is 12.1 Å². The Kier molecular flexibility index (Phi) is 3.71. The highest BCUT2D eigenvalue weighted by atomic mass is 79.9. The Balaban J connectivity index is 1.99. The zero-order valence-electron chi connectivity index (χ0n) is 10.4. The van der Waals surface area contributed by atoms with Gasteiger partial charge in [-0.15, -0.1) is 0 Å². The number of ether oxygens (including phenoxy) is 1. The van der Waals surface area contributed by atoms with E-state index in [2.05, 4.69) is 15.9 Å². The van der Waals surface area contributed by atoms with Crippen molar-refractivity contribution in [1.29, 1.82) is 0 Å². The summed E-state index contributed by atoms with van der Waals surface area (Å²) < 4.78 is 20.1. The Morgan fingerprint density at radius 2 is 2.00 bits per heavy atom. The minimum absolute atomic E-state index is 0.198. The maximum absolute atomic E-state index is 13.3. The first kappa shape index (κ1) is 13.9. The average Bonchev–Trinajstić information content (AvgIpc) is 2.42. The van der Waals surface area contributed by atoms with E-state index in [0.717, 1.165) is 10.0 Å². The Morgan fingerprint density at radius 1 is 1.20 bits per heavy atom. The molecule has 3 rings (SSSR count). The fourth-order valence-corrected chi connectivity index (χ4v) is 3.11. The summed E-state index contributed by atoms with van der Waals surface area (Å²) in [4.78, 5) is 0. The Labute approximate surface area is 129 Å². The van der Waals surface area contributed by atoms with Crippen LogP contribution in [0.5, 0.6) is 5.75 Å². The van der Waals surface area contributed by atoms with Gasteiger partial charge in [0.2, 0.25) is 0 Å². The van der Waals surface area contributed by atoms with Crippen LogP contribution in [0.1, 0.15) is 29.7 Å². The van der Waals surface area contributed by atoms with Crippen LogP contribution in [0.2, 0.25) is 5.02 Å². The van der Waals surface area contributed by atoms with Crippen molar-refractivity contribution in [2.24, 2.45) is 5.73 Å². The molecule has 0 fully saturated rings. The van der Waals surface area contributed by atoms with Gasteiger partial charge >= 0.3 is 0 Å². The molecule has 20 heavy (non-hydrogen) atoms. The van der Waals surface area contributed by atoms with Crippen LogP contribution in [0, 0.1) is 5.82 Å². The summed E-state index contributed by atoms with van der Waals surface area (Å²) in [6, 6.07) is 9.72. The van der Waals surface area contributed by atoms with E-state index >= 15 is 0 Å². The maximum atomic E-state index is 13.3. The van der Waals surface area contributed by atoms with Crippen molar-refractivity contribution in [1.82, 2.24) is 0 Å². The molecule has 2 atom stereocenters. The minimum atomic E-state index is -0.301. The lowest BCUT2D eigenvalue weighted by Gasteiger charge is -2.31. The second-order valence-corrected chi connectivity index (χ2v) is 6.09. The molecule has 2 N–H and O–H groups in total. The van der Waals surface area contributed by atoms with Gasteiger partial charge in [0.25, 0.3) is 0 Å². The molecule has 0 saturated heterocycles. The van der Waals surface area contributed by atoms with Crippen molar-refractivity contribution in [3.8, 4) is 5.75 Å². The molecule has 5 heteroatoms. The van der Waals surface area contributed by atoms with E-state index in [1.807, 2.05) is 12.1 Å². The van der Waals surface area contributed by atoms with Crippen LogP contribution in [0.25, 0.3) is 0 Å². The van der Waals surface area contributed by atoms with Crippen molar-refractivity contribution >= 4 is 27.5 Å². The summed E-state index contributed by atoms with van der Waals surface area (Å²) in [6.45, 7) is 0. The van der Waals surface area contributed by atoms with E-state index in [-0.39, 0.29) is 18.0 Å². The fraction of sp³-hybridized carbons (Fsp3) is 0.200. The van der Waals surface area contributed by atoms with E-state index in [4.69, 9.17) is 22.1 Å². The normalized spacial score (nSPS) is 21.2. The summed E-state index contributed by atoms with van der Waals surface area (Å²) >= 11 is 9.53. The minimum Gasteiger partial charge on any atom is -0.485 e. The molecular weight excluding hydrogens is 345 g/mol. The SMILES string of the molecule is NC1CC(c2cc(Cl)ccc2Br)Oc2ccc(F)cc21. The van der Waals surface area contributed by atoms with Gasteiger partial charge in [0.05, 0.1) is 0 Å². The largest absolute Gasteiger partial charge is 0.485 e. The zero-order valence-corrected chi connectivity index (χ0v) is 12.8. The summed E-state index contributed by atoms with van der Waals surface area (Å²) in [5, 5.41) is 0.644. The van der Waals surface area contributed by atoms with E-state index in [0.29, 0.717) is 22.8 Å². The van der Waals surface area contributed by atoms with Crippen molar-refractivity contribution in [3.63, 3.8) is 0 Å². The number of fused-ring (bicyclic) bond motifs is 1. The van der Waals surface area contributed by atoms with Crippen LogP contribution in [0.15, 0.2) is 40.9 Å². The van der Waals surface area contributed by atoms with Gasteiger partial charge in [-0.25, -0.2) is 4.39 Å². The Morgan fingerprint density at radius 3 is 2.80 bits per heavy atom. The smallest absolute Gasteiger partial charge is 0.127 e. The third-order valence-corrected chi connectivity index (χ3v) is 4.37. The second-order valence-electron chi connectivity index (χ2n) is 4.80. The second kappa shape index (κ2) is 5.35. The summed E-state index contributed by atoms with van der Waals surface area (Å²) in [7, 11) is 0. The predicted molar refractivity (Wildman–Crippen MR) is 80.5 cm³/mol.